The van der Waals surface area contributed by atoms with Crippen LogP contribution in [0.4, 0.5) is 0 Å². The molecule has 0 atom stereocenters. The van der Waals surface area contributed by atoms with Gasteiger partial charge in [-0.25, -0.2) is 4.79 Å². The van der Waals surface area contributed by atoms with Crippen molar-refractivity contribution in [2.75, 3.05) is 13.2 Å². The Morgan fingerprint density at radius 2 is 2.05 bits per heavy atom. The van der Waals surface area contributed by atoms with Crippen molar-refractivity contribution in [2.24, 2.45) is 5.41 Å². The number of carbonyl (C=O) groups excluding carboxylic acids is 1. The van der Waals surface area contributed by atoms with E-state index in [-0.39, 0.29) is 16.8 Å². The van der Waals surface area contributed by atoms with E-state index < -0.39 is 11.2 Å². The second-order valence-corrected chi connectivity index (χ2v) is 5.38. The second kappa shape index (κ2) is 5.13. The van der Waals surface area contributed by atoms with Crippen LogP contribution in [0.15, 0.2) is 15.8 Å². The SMILES string of the molecule is CC(=O)c1c[nH]c(=O)n(CC2(C)CCOCC2)c1=O. The highest BCUT2D eigenvalue weighted by Gasteiger charge is 2.29. The van der Waals surface area contributed by atoms with Gasteiger partial charge in [-0.1, -0.05) is 6.92 Å². The molecule has 0 aliphatic carbocycles. The van der Waals surface area contributed by atoms with Gasteiger partial charge in [-0.2, -0.15) is 0 Å². The van der Waals surface area contributed by atoms with Gasteiger partial charge in [0.2, 0.25) is 0 Å². The van der Waals surface area contributed by atoms with Crippen LogP contribution in [-0.2, 0) is 11.3 Å². The van der Waals surface area contributed by atoms with Crippen molar-refractivity contribution < 1.29 is 9.53 Å². The van der Waals surface area contributed by atoms with Crippen molar-refractivity contribution in [1.29, 1.82) is 0 Å². The highest BCUT2D eigenvalue weighted by molar-refractivity contribution is 5.93. The normalized spacial score (nSPS) is 18.2. The maximum Gasteiger partial charge on any atom is 0.328 e. The molecule has 1 aliphatic rings. The summed E-state index contributed by atoms with van der Waals surface area (Å²) in [5.74, 6) is -0.341. The molecule has 0 spiro atoms. The number of Topliss-reactive ketones (excluding diaryl/α,β-unsaturated/α-hetero) is 1. The van der Waals surface area contributed by atoms with Crippen LogP contribution in [0.1, 0.15) is 37.0 Å². The van der Waals surface area contributed by atoms with E-state index in [0.29, 0.717) is 19.8 Å². The Kier molecular flexibility index (Phi) is 3.71. The molecule has 0 bridgehead atoms. The Labute approximate surface area is 110 Å². The smallest absolute Gasteiger partial charge is 0.328 e. The molecule has 2 heterocycles. The van der Waals surface area contributed by atoms with Crippen LogP contribution in [0.5, 0.6) is 0 Å². The van der Waals surface area contributed by atoms with Gasteiger partial charge in [-0.3, -0.25) is 14.2 Å². The third-order valence-corrected chi connectivity index (χ3v) is 3.68. The summed E-state index contributed by atoms with van der Waals surface area (Å²) in [6, 6.07) is 0. The van der Waals surface area contributed by atoms with Gasteiger partial charge < -0.3 is 9.72 Å². The fraction of sp³-hybridized carbons (Fsp3) is 0.615. The van der Waals surface area contributed by atoms with Crippen LogP contribution in [-0.4, -0.2) is 28.5 Å². The van der Waals surface area contributed by atoms with Gasteiger partial charge in [0.1, 0.15) is 0 Å². The quantitative estimate of drug-likeness (QED) is 0.810. The number of ketones is 1. The molecule has 0 aromatic carbocycles. The largest absolute Gasteiger partial charge is 0.381 e. The zero-order valence-electron chi connectivity index (χ0n) is 11.2. The molecule has 19 heavy (non-hydrogen) atoms. The van der Waals surface area contributed by atoms with E-state index in [9.17, 15) is 14.4 Å². The van der Waals surface area contributed by atoms with Crippen molar-refractivity contribution in [2.45, 2.75) is 33.2 Å². The van der Waals surface area contributed by atoms with Crippen LogP contribution in [0.25, 0.3) is 0 Å². The van der Waals surface area contributed by atoms with Gasteiger partial charge in [-0.05, 0) is 25.2 Å². The highest BCUT2D eigenvalue weighted by atomic mass is 16.5. The van der Waals surface area contributed by atoms with Crippen molar-refractivity contribution in [1.82, 2.24) is 9.55 Å². The molecule has 1 aromatic rings. The average Bonchev–Trinajstić information content (AvgIpc) is 2.35. The molecule has 1 N–H and O–H groups in total. The number of aromatic nitrogens is 2. The molecule has 6 heteroatoms. The summed E-state index contributed by atoms with van der Waals surface area (Å²) in [6.07, 6.45) is 2.78. The Morgan fingerprint density at radius 3 is 2.63 bits per heavy atom. The summed E-state index contributed by atoms with van der Waals surface area (Å²) in [4.78, 5) is 37.7. The zero-order valence-corrected chi connectivity index (χ0v) is 11.2. The summed E-state index contributed by atoms with van der Waals surface area (Å²) in [5, 5.41) is 0. The number of nitrogens with one attached hydrogen (secondary N) is 1. The van der Waals surface area contributed by atoms with Gasteiger partial charge in [0.15, 0.2) is 5.78 Å². The molecule has 0 unspecified atom stereocenters. The Morgan fingerprint density at radius 1 is 1.42 bits per heavy atom. The number of nitrogens with zero attached hydrogens (tertiary/aromatic N) is 1. The first-order valence-electron chi connectivity index (χ1n) is 6.34. The number of hydrogen-bond acceptors (Lipinski definition) is 4. The first-order chi connectivity index (χ1) is 8.93. The van der Waals surface area contributed by atoms with Crippen LogP contribution in [0.2, 0.25) is 0 Å². The molecule has 1 fully saturated rings. The van der Waals surface area contributed by atoms with Crippen molar-refractivity contribution in [3.05, 3.63) is 32.6 Å². The average molecular weight is 266 g/mol. The summed E-state index contributed by atoms with van der Waals surface area (Å²) in [5.41, 5.74) is -1.10. The lowest BCUT2D eigenvalue weighted by Crippen LogP contribution is -2.43. The lowest BCUT2D eigenvalue weighted by molar-refractivity contribution is 0.0144. The van der Waals surface area contributed by atoms with E-state index in [1.807, 2.05) is 6.92 Å². The van der Waals surface area contributed by atoms with E-state index in [2.05, 4.69) is 4.98 Å². The van der Waals surface area contributed by atoms with Crippen molar-refractivity contribution in [3.8, 4) is 0 Å². The molecule has 0 radical (unpaired) electrons. The van der Waals surface area contributed by atoms with Gasteiger partial charge in [0, 0.05) is 26.0 Å². The lowest BCUT2D eigenvalue weighted by atomic mass is 9.82. The summed E-state index contributed by atoms with van der Waals surface area (Å²) in [7, 11) is 0. The molecule has 1 saturated heterocycles. The topological polar surface area (TPSA) is 81.2 Å². The van der Waals surface area contributed by atoms with Crippen molar-refractivity contribution >= 4 is 5.78 Å². The standard InChI is InChI=1S/C13H18N2O4/c1-9(16)10-7-14-12(18)15(11(10)17)8-13(2)3-5-19-6-4-13/h7H,3-6,8H2,1-2H3,(H,14,18). The predicted octanol–water partition coefficient (Wildman–Crippen LogP) is 0.556. The second-order valence-electron chi connectivity index (χ2n) is 5.38. The zero-order chi connectivity index (χ0) is 14.0. The molecular weight excluding hydrogens is 248 g/mol. The van der Waals surface area contributed by atoms with Crippen molar-refractivity contribution in [3.63, 3.8) is 0 Å². The lowest BCUT2D eigenvalue weighted by Gasteiger charge is -2.33. The first kappa shape index (κ1) is 13.7. The van der Waals surface area contributed by atoms with E-state index in [1.54, 1.807) is 0 Å². The van der Waals surface area contributed by atoms with E-state index in [1.165, 1.54) is 13.1 Å². The summed E-state index contributed by atoms with van der Waals surface area (Å²) < 4.78 is 6.42. The molecule has 1 aromatic heterocycles. The molecule has 1 aliphatic heterocycles. The molecule has 6 nitrogen and oxygen atoms in total. The maximum atomic E-state index is 12.1. The van der Waals surface area contributed by atoms with Gasteiger partial charge in [0.05, 0.1) is 5.56 Å². The highest BCUT2D eigenvalue weighted by Crippen LogP contribution is 2.30. The maximum absolute atomic E-state index is 12.1. The predicted molar refractivity (Wildman–Crippen MR) is 69.5 cm³/mol. The molecule has 0 saturated carbocycles. The third kappa shape index (κ3) is 2.84. The van der Waals surface area contributed by atoms with Crippen LogP contribution in [0, 0.1) is 5.41 Å². The van der Waals surface area contributed by atoms with Gasteiger partial charge in [0.25, 0.3) is 5.56 Å². The minimum absolute atomic E-state index is 0.0234. The van der Waals surface area contributed by atoms with Crippen LogP contribution in [0.3, 0.4) is 0 Å². The van der Waals surface area contributed by atoms with Crippen LogP contribution < -0.4 is 11.2 Å². The minimum Gasteiger partial charge on any atom is -0.381 e. The molecular formula is C13H18N2O4. The van der Waals surface area contributed by atoms with E-state index in [4.69, 9.17) is 4.74 Å². The molecule has 2 rings (SSSR count). The summed E-state index contributed by atoms with van der Waals surface area (Å²) in [6.45, 7) is 4.92. The number of H-pyrrole nitrogens is 1. The third-order valence-electron chi connectivity index (χ3n) is 3.68. The fourth-order valence-corrected chi connectivity index (χ4v) is 2.31. The number of carbonyl (C=O) groups is 1. The number of ether oxygens (including phenoxy) is 1. The van der Waals surface area contributed by atoms with Gasteiger partial charge >= 0.3 is 5.69 Å². The van der Waals surface area contributed by atoms with Gasteiger partial charge in [-0.15, -0.1) is 0 Å². The molecule has 104 valence electrons. The first-order valence-corrected chi connectivity index (χ1v) is 6.34. The minimum atomic E-state index is -0.510. The Balaban J connectivity index is 2.39. The monoisotopic (exact) mass is 266 g/mol. The number of aromatic amines is 1. The Hall–Kier alpha value is -1.69. The van der Waals surface area contributed by atoms with Crippen LogP contribution >= 0.6 is 0 Å². The van der Waals surface area contributed by atoms with E-state index in [0.717, 1.165) is 17.4 Å². The van der Waals surface area contributed by atoms with E-state index >= 15 is 0 Å². The summed E-state index contributed by atoms with van der Waals surface area (Å²) >= 11 is 0. The fourth-order valence-electron chi connectivity index (χ4n) is 2.31. The number of hydrogen-bond donors (Lipinski definition) is 1. The Bertz CT molecular complexity index is 593. The number of rotatable bonds is 3. The molecule has 0 amide bonds.